The van der Waals surface area contributed by atoms with Crippen LogP contribution in [0.3, 0.4) is 0 Å². The predicted octanol–water partition coefficient (Wildman–Crippen LogP) is 2.95. The quantitative estimate of drug-likeness (QED) is 0.606. The molecule has 82 valence electrons. The largest absolute Gasteiger partial charge is 0.344 e. The van der Waals surface area contributed by atoms with Gasteiger partial charge in [-0.15, -0.1) is 0 Å². The second-order valence-corrected chi connectivity index (χ2v) is 4.79. The third kappa shape index (κ3) is 1.56. The molecule has 3 rings (SSSR count). The number of allylic oxidation sites excluding steroid dienone is 3. The van der Waals surface area contributed by atoms with Crippen LogP contribution < -0.4 is 0 Å². The molecular formula is C13H18O2. The van der Waals surface area contributed by atoms with Crippen LogP contribution in [0.25, 0.3) is 0 Å². The highest BCUT2D eigenvalue weighted by Gasteiger charge is 2.38. The van der Waals surface area contributed by atoms with Gasteiger partial charge in [-0.25, -0.2) is 0 Å². The summed E-state index contributed by atoms with van der Waals surface area (Å²) in [5.74, 6) is -0.351. The summed E-state index contributed by atoms with van der Waals surface area (Å²) >= 11 is 0. The molecule has 0 aromatic rings. The van der Waals surface area contributed by atoms with Gasteiger partial charge in [-0.2, -0.15) is 0 Å². The zero-order valence-electron chi connectivity index (χ0n) is 9.34. The van der Waals surface area contributed by atoms with Crippen molar-refractivity contribution in [3.63, 3.8) is 0 Å². The number of rotatable bonds is 0. The minimum atomic E-state index is -0.351. The van der Waals surface area contributed by atoms with Gasteiger partial charge in [-0.05, 0) is 49.8 Å². The maximum absolute atomic E-state index is 5.74. The van der Waals surface area contributed by atoms with Gasteiger partial charge in [0.1, 0.15) is 0 Å². The minimum Gasteiger partial charge on any atom is -0.344 e. The van der Waals surface area contributed by atoms with Crippen LogP contribution in [0.15, 0.2) is 22.8 Å². The van der Waals surface area contributed by atoms with Crippen molar-refractivity contribution in [3.8, 4) is 0 Å². The number of fused-ring (bicyclic) bond motifs is 1. The molecule has 1 spiro atoms. The second kappa shape index (κ2) is 3.46. The van der Waals surface area contributed by atoms with Crippen molar-refractivity contribution in [3.05, 3.63) is 22.8 Å². The standard InChI is InChI=1S/C13H18O2/c1-10-3-2-4-11-9-13(6-5-12(10)11)14-7-8-15-13/h9H,2-8H2,1H3. The lowest BCUT2D eigenvalue weighted by atomic mass is 9.80. The Labute approximate surface area is 90.9 Å². The lowest BCUT2D eigenvalue weighted by Crippen LogP contribution is -2.31. The molecule has 0 unspecified atom stereocenters. The topological polar surface area (TPSA) is 18.5 Å². The molecule has 0 amide bonds. The van der Waals surface area contributed by atoms with E-state index in [0.717, 1.165) is 26.1 Å². The lowest BCUT2D eigenvalue weighted by molar-refractivity contribution is -0.123. The molecule has 0 bridgehead atoms. The van der Waals surface area contributed by atoms with E-state index in [-0.39, 0.29) is 5.79 Å². The molecule has 0 radical (unpaired) electrons. The zero-order chi connectivity index (χ0) is 10.3. The van der Waals surface area contributed by atoms with Crippen molar-refractivity contribution in [2.24, 2.45) is 0 Å². The SMILES string of the molecule is CC1=C2CCC3(C=C2CCC1)OCCO3. The molecule has 1 heterocycles. The first-order valence-electron chi connectivity index (χ1n) is 5.98. The molecule has 2 nitrogen and oxygen atoms in total. The first-order chi connectivity index (χ1) is 7.29. The van der Waals surface area contributed by atoms with Crippen LogP contribution in [0.1, 0.15) is 39.0 Å². The molecule has 0 N–H and O–H groups in total. The molecule has 1 aliphatic heterocycles. The molecule has 0 aromatic carbocycles. The van der Waals surface area contributed by atoms with E-state index in [4.69, 9.17) is 9.47 Å². The van der Waals surface area contributed by atoms with Gasteiger partial charge < -0.3 is 9.47 Å². The fraction of sp³-hybridized carbons (Fsp3) is 0.692. The van der Waals surface area contributed by atoms with Crippen molar-refractivity contribution in [1.29, 1.82) is 0 Å². The van der Waals surface area contributed by atoms with Crippen LogP contribution in [-0.2, 0) is 9.47 Å². The molecule has 15 heavy (non-hydrogen) atoms. The van der Waals surface area contributed by atoms with Crippen molar-refractivity contribution >= 4 is 0 Å². The fourth-order valence-corrected chi connectivity index (χ4v) is 2.99. The van der Waals surface area contributed by atoms with Gasteiger partial charge in [-0.3, -0.25) is 0 Å². The highest BCUT2D eigenvalue weighted by Crippen LogP contribution is 2.42. The summed E-state index contributed by atoms with van der Waals surface area (Å²) in [6, 6.07) is 0. The molecule has 0 atom stereocenters. The molecule has 1 fully saturated rings. The summed E-state index contributed by atoms with van der Waals surface area (Å²) in [5, 5.41) is 0. The summed E-state index contributed by atoms with van der Waals surface area (Å²) < 4.78 is 11.5. The molecule has 2 heteroatoms. The maximum Gasteiger partial charge on any atom is 0.188 e. The molecule has 3 aliphatic rings. The minimum absolute atomic E-state index is 0.351. The normalized spacial score (nSPS) is 29.3. The Morgan fingerprint density at radius 1 is 1.13 bits per heavy atom. The molecule has 1 saturated heterocycles. The van der Waals surface area contributed by atoms with E-state index in [0.29, 0.717) is 0 Å². The third-order valence-corrected chi connectivity index (χ3v) is 3.79. The van der Waals surface area contributed by atoms with E-state index in [1.807, 2.05) is 0 Å². The Morgan fingerprint density at radius 3 is 2.73 bits per heavy atom. The summed E-state index contributed by atoms with van der Waals surface area (Å²) in [7, 11) is 0. The zero-order valence-corrected chi connectivity index (χ0v) is 9.34. The molecule has 2 aliphatic carbocycles. The number of hydrogen-bond acceptors (Lipinski definition) is 2. The van der Waals surface area contributed by atoms with Gasteiger partial charge in [0.25, 0.3) is 0 Å². The highest BCUT2D eigenvalue weighted by atomic mass is 16.7. The Balaban J connectivity index is 1.96. The summed E-state index contributed by atoms with van der Waals surface area (Å²) in [5.41, 5.74) is 4.67. The average Bonchev–Trinajstić information content (AvgIpc) is 2.66. The molecule has 0 aromatic heterocycles. The van der Waals surface area contributed by atoms with Gasteiger partial charge in [-0.1, -0.05) is 5.57 Å². The van der Waals surface area contributed by atoms with Crippen LogP contribution >= 0.6 is 0 Å². The first kappa shape index (κ1) is 9.61. The van der Waals surface area contributed by atoms with E-state index in [1.54, 1.807) is 11.1 Å². The highest BCUT2D eigenvalue weighted by molar-refractivity contribution is 5.41. The van der Waals surface area contributed by atoms with Crippen molar-refractivity contribution in [2.45, 2.75) is 44.8 Å². The van der Waals surface area contributed by atoms with E-state index >= 15 is 0 Å². The predicted molar refractivity (Wildman–Crippen MR) is 58.5 cm³/mol. The fourth-order valence-electron chi connectivity index (χ4n) is 2.99. The Bertz CT molecular complexity index is 332. The van der Waals surface area contributed by atoms with Gasteiger partial charge >= 0.3 is 0 Å². The van der Waals surface area contributed by atoms with E-state index in [2.05, 4.69) is 13.0 Å². The molecular weight excluding hydrogens is 188 g/mol. The van der Waals surface area contributed by atoms with Crippen LogP contribution in [0.4, 0.5) is 0 Å². The van der Waals surface area contributed by atoms with Gasteiger partial charge in [0.2, 0.25) is 0 Å². The maximum atomic E-state index is 5.74. The van der Waals surface area contributed by atoms with Gasteiger partial charge in [0, 0.05) is 6.42 Å². The van der Waals surface area contributed by atoms with E-state index in [1.165, 1.54) is 24.8 Å². The summed E-state index contributed by atoms with van der Waals surface area (Å²) in [6.45, 7) is 3.78. The first-order valence-corrected chi connectivity index (χ1v) is 5.98. The summed E-state index contributed by atoms with van der Waals surface area (Å²) in [4.78, 5) is 0. The van der Waals surface area contributed by atoms with Crippen molar-refractivity contribution < 1.29 is 9.47 Å². The van der Waals surface area contributed by atoms with Crippen molar-refractivity contribution in [1.82, 2.24) is 0 Å². The van der Waals surface area contributed by atoms with Gasteiger partial charge in [0.15, 0.2) is 5.79 Å². The monoisotopic (exact) mass is 206 g/mol. The average molecular weight is 206 g/mol. The van der Waals surface area contributed by atoms with Crippen molar-refractivity contribution in [2.75, 3.05) is 13.2 Å². The second-order valence-electron chi connectivity index (χ2n) is 4.79. The van der Waals surface area contributed by atoms with E-state index in [9.17, 15) is 0 Å². The van der Waals surface area contributed by atoms with Crippen LogP contribution in [-0.4, -0.2) is 19.0 Å². The molecule has 0 saturated carbocycles. The number of hydrogen-bond donors (Lipinski definition) is 0. The Morgan fingerprint density at radius 2 is 1.93 bits per heavy atom. The number of ether oxygens (including phenoxy) is 2. The Kier molecular flexibility index (Phi) is 2.22. The summed E-state index contributed by atoms with van der Waals surface area (Å²) in [6.07, 6.45) is 8.17. The lowest BCUT2D eigenvalue weighted by Gasteiger charge is -2.34. The van der Waals surface area contributed by atoms with Crippen LogP contribution in [0, 0.1) is 0 Å². The Hall–Kier alpha value is -0.600. The van der Waals surface area contributed by atoms with E-state index < -0.39 is 0 Å². The van der Waals surface area contributed by atoms with Crippen LogP contribution in [0.5, 0.6) is 0 Å². The van der Waals surface area contributed by atoms with Crippen LogP contribution in [0.2, 0.25) is 0 Å². The smallest absolute Gasteiger partial charge is 0.188 e. The van der Waals surface area contributed by atoms with Gasteiger partial charge in [0.05, 0.1) is 13.2 Å². The third-order valence-electron chi connectivity index (χ3n) is 3.79.